The largest absolute Gasteiger partial charge is 0.348 e. The van der Waals surface area contributed by atoms with Gasteiger partial charge in [-0.15, -0.1) is 5.10 Å². The lowest BCUT2D eigenvalue weighted by Gasteiger charge is -2.39. The van der Waals surface area contributed by atoms with E-state index in [4.69, 9.17) is 0 Å². The molecule has 0 aromatic carbocycles. The fourth-order valence-corrected chi connectivity index (χ4v) is 4.51. The van der Waals surface area contributed by atoms with Gasteiger partial charge in [-0.2, -0.15) is 0 Å². The zero-order valence-corrected chi connectivity index (χ0v) is 16.8. The van der Waals surface area contributed by atoms with Crippen LogP contribution in [0.5, 0.6) is 0 Å². The number of nitrogens with zero attached hydrogens (tertiary/aromatic N) is 3. The second kappa shape index (κ2) is 8.07. The maximum absolute atomic E-state index is 12.7. The third-order valence-electron chi connectivity index (χ3n) is 6.88. The van der Waals surface area contributed by atoms with Crippen molar-refractivity contribution in [3.63, 3.8) is 0 Å². The van der Waals surface area contributed by atoms with E-state index in [0.717, 1.165) is 50.4 Å². The van der Waals surface area contributed by atoms with Crippen LogP contribution in [0.2, 0.25) is 0 Å². The molecule has 6 heteroatoms. The van der Waals surface area contributed by atoms with E-state index in [1.54, 1.807) is 0 Å². The summed E-state index contributed by atoms with van der Waals surface area (Å²) in [5, 5.41) is 15.1. The van der Waals surface area contributed by atoms with Crippen LogP contribution in [0.25, 0.3) is 0 Å². The Labute approximate surface area is 157 Å². The number of hydrogen-bond donors (Lipinski definition) is 2. The molecule has 0 unspecified atom stereocenters. The molecule has 2 aliphatic rings. The molecule has 1 aromatic rings. The first-order chi connectivity index (χ1) is 12.4. The van der Waals surface area contributed by atoms with Gasteiger partial charge < -0.3 is 10.6 Å². The van der Waals surface area contributed by atoms with Crippen molar-refractivity contribution in [3.8, 4) is 0 Å². The van der Waals surface area contributed by atoms with Crippen LogP contribution in [0.15, 0.2) is 0 Å². The topological polar surface area (TPSA) is 71.8 Å². The van der Waals surface area contributed by atoms with E-state index in [9.17, 15) is 4.79 Å². The third kappa shape index (κ3) is 4.11. The van der Waals surface area contributed by atoms with E-state index in [-0.39, 0.29) is 11.9 Å². The van der Waals surface area contributed by atoms with Gasteiger partial charge >= 0.3 is 0 Å². The van der Waals surface area contributed by atoms with Gasteiger partial charge in [0.05, 0.1) is 11.7 Å². The van der Waals surface area contributed by atoms with Crippen molar-refractivity contribution in [3.05, 3.63) is 11.4 Å². The normalized spacial score (nSPS) is 25.2. The highest BCUT2D eigenvalue weighted by atomic mass is 16.2. The maximum Gasteiger partial charge on any atom is 0.273 e. The van der Waals surface area contributed by atoms with Crippen molar-refractivity contribution in [1.82, 2.24) is 25.6 Å². The molecule has 0 spiro atoms. The summed E-state index contributed by atoms with van der Waals surface area (Å²) in [4.78, 5) is 12.7. The van der Waals surface area contributed by atoms with Crippen molar-refractivity contribution in [2.24, 2.45) is 11.3 Å². The average Bonchev–Trinajstić information content (AvgIpc) is 3.04. The van der Waals surface area contributed by atoms with E-state index in [0.29, 0.717) is 17.2 Å². The molecule has 1 amide bonds. The van der Waals surface area contributed by atoms with E-state index in [1.807, 2.05) is 11.6 Å². The van der Waals surface area contributed by atoms with E-state index in [2.05, 4.69) is 41.7 Å². The molecule has 1 aromatic heterocycles. The van der Waals surface area contributed by atoms with E-state index >= 15 is 0 Å². The quantitative estimate of drug-likeness (QED) is 0.844. The van der Waals surface area contributed by atoms with Gasteiger partial charge in [-0.1, -0.05) is 32.4 Å². The molecule has 6 nitrogen and oxygen atoms in total. The van der Waals surface area contributed by atoms with Crippen LogP contribution in [0.1, 0.15) is 87.9 Å². The first-order valence-electron chi connectivity index (χ1n) is 10.4. The minimum absolute atomic E-state index is 0.0547. The highest BCUT2D eigenvalue weighted by Gasteiger charge is 2.33. The predicted octanol–water partition coefficient (Wildman–Crippen LogP) is 3.24. The Morgan fingerprint density at radius 2 is 1.85 bits per heavy atom. The number of hydrogen-bond acceptors (Lipinski definition) is 4. The molecule has 3 rings (SSSR count). The molecule has 0 radical (unpaired) electrons. The summed E-state index contributed by atoms with van der Waals surface area (Å²) in [7, 11) is 0. The number of rotatable bonds is 5. The van der Waals surface area contributed by atoms with Crippen LogP contribution < -0.4 is 10.6 Å². The zero-order chi connectivity index (χ0) is 18.7. The van der Waals surface area contributed by atoms with Gasteiger partial charge in [-0.05, 0) is 69.9 Å². The Morgan fingerprint density at radius 1 is 1.19 bits per heavy atom. The molecule has 146 valence electrons. The minimum Gasteiger partial charge on any atom is -0.348 e. The van der Waals surface area contributed by atoms with Crippen LogP contribution in [0.3, 0.4) is 0 Å². The first kappa shape index (κ1) is 19.3. The predicted molar refractivity (Wildman–Crippen MR) is 103 cm³/mol. The Kier molecular flexibility index (Phi) is 6.00. The number of carbonyl (C=O) groups is 1. The molecule has 1 saturated carbocycles. The Bertz CT molecular complexity index is 610. The number of piperidine rings is 1. The van der Waals surface area contributed by atoms with Gasteiger partial charge in [-0.3, -0.25) is 4.79 Å². The molecule has 1 saturated heterocycles. The van der Waals surface area contributed by atoms with E-state index in [1.165, 1.54) is 19.3 Å². The highest BCUT2D eigenvalue weighted by Crippen LogP contribution is 2.40. The molecule has 1 aliphatic carbocycles. The van der Waals surface area contributed by atoms with Crippen molar-refractivity contribution in [2.45, 2.75) is 84.7 Å². The van der Waals surface area contributed by atoms with Gasteiger partial charge in [0.2, 0.25) is 0 Å². The fraction of sp³-hybridized carbons (Fsp3) is 0.850. The molecule has 0 bridgehead atoms. The van der Waals surface area contributed by atoms with Crippen LogP contribution in [-0.2, 0) is 0 Å². The standard InChI is InChI=1S/C20H35N5O/c1-5-20(3,4)15-6-8-16(9-7-15)22-19(26)18-14(2)25(24-23-18)17-10-12-21-13-11-17/h15-17,21H,5-13H2,1-4H3,(H,22,26). The number of carbonyl (C=O) groups excluding carboxylic acids is 1. The molecular formula is C20H35N5O. The molecule has 0 atom stereocenters. The van der Waals surface area contributed by atoms with Gasteiger partial charge in [0, 0.05) is 6.04 Å². The minimum atomic E-state index is -0.0547. The van der Waals surface area contributed by atoms with Crippen molar-refractivity contribution < 1.29 is 4.79 Å². The Morgan fingerprint density at radius 3 is 2.46 bits per heavy atom. The monoisotopic (exact) mass is 361 g/mol. The number of nitrogens with one attached hydrogen (secondary N) is 2. The lowest BCUT2D eigenvalue weighted by molar-refractivity contribution is 0.0887. The second-order valence-corrected chi connectivity index (χ2v) is 8.81. The number of aromatic nitrogens is 3. The zero-order valence-electron chi connectivity index (χ0n) is 16.8. The first-order valence-corrected chi connectivity index (χ1v) is 10.4. The van der Waals surface area contributed by atoms with Crippen LogP contribution >= 0.6 is 0 Å². The fourth-order valence-electron chi connectivity index (χ4n) is 4.51. The van der Waals surface area contributed by atoms with Crippen LogP contribution in [-0.4, -0.2) is 40.0 Å². The summed E-state index contributed by atoms with van der Waals surface area (Å²) in [6.45, 7) is 11.0. The summed E-state index contributed by atoms with van der Waals surface area (Å²) >= 11 is 0. The molecule has 2 fully saturated rings. The van der Waals surface area contributed by atoms with Crippen molar-refractivity contribution >= 4 is 5.91 Å². The Hall–Kier alpha value is -1.43. The molecule has 26 heavy (non-hydrogen) atoms. The smallest absolute Gasteiger partial charge is 0.273 e. The number of amides is 1. The molecule has 2 N–H and O–H groups in total. The summed E-state index contributed by atoms with van der Waals surface area (Å²) in [5.74, 6) is 0.712. The summed E-state index contributed by atoms with van der Waals surface area (Å²) in [6, 6.07) is 0.631. The van der Waals surface area contributed by atoms with Crippen molar-refractivity contribution in [1.29, 1.82) is 0 Å². The van der Waals surface area contributed by atoms with Gasteiger partial charge in [0.1, 0.15) is 0 Å². The van der Waals surface area contributed by atoms with E-state index < -0.39 is 0 Å². The lowest BCUT2D eigenvalue weighted by Crippen LogP contribution is -2.40. The Balaban J connectivity index is 1.57. The molecular weight excluding hydrogens is 326 g/mol. The summed E-state index contributed by atoms with van der Waals surface area (Å²) in [5.41, 5.74) is 1.80. The van der Waals surface area contributed by atoms with Gasteiger partial charge in [-0.25, -0.2) is 4.68 Å². The van der Waals surface area contributed by atoms with Gasteiger partial charge in [0.25, 0.3) is 5.91 Å². The van der Waals surface area contributed by atoms with Crippen LogP contribution in [0, 0.1) is 18.3 Å². The summed E-state index contributed by atoms with van der Waals surface area (Å²) < 4.78 is 1.95. The third-order valence-corrected chi connectivity index (χ3v) is 6.88. The highest BCUT2D eigenvalue weighted by molar-refractivity contribution is 5.93. The SMILES string of the molecule is CCC(C)(C)C1CCC(NC(=O)c2nnn(C3CCNCC3)c2C)CC1. The average molecular weight is 362 g/mol. The molecule has 1 aliphatic heterocycles. The lowest BCUT2D eigenvalue weighted by atomic mass is 9.69. The van der Waals surface area contributed by atoms with Crippen LogP contribution in [0.4, 0.5) is 0 Å². The summed E-state index contributed by atoms with van der Waals surface area (Å²) in [6.07, 6.45) is 7.85. The second-order valence-electron chi connectivity index (χ2n) is 8.81. The van der Waals surface area contributed by atoms with Gasteiger partial charge in [0.15, 0.2) is 5.69 Å². The maximum atomic E-state index is 12.7. The molecule has 2 heterocycles. The van der Waals surface area contributed by atoms with Crippen molar-refractivity contribution in [2.75, 3.05) is 13.1 Å².